The van der Waals surface area contributed by atoms with Crippen LogP contribution in [0, 0.1) is 0 Å². The Morgan fingerprint density at radius 2 is 1.54 bits per heavy atom. The van der Waals surface area contributed by atoms with E-state index in [1.807, 2.05) is 66.7 Å². The molecule has 1 aliphatic rings. The summed E-state index contributed by atoms with van der Waals surface area (Å²) in [4.78, 5) is 2.27. The van der Waals surface area contributed by atoms with E-state index in [2.05, 4.69) is 4.90 Å². The Morgan fingerprint density at radius 1 is 0.929 bits per heavy atom. The van der Waals surface area contributed by atoms with Gasteiger partial charge in [-0.15, -0.1) is 0 Å². The van der Waals surface area contributed by atoms with Crippen molar-refractivity contribution < 1.29 is 10.2 Å². The predicted octanol–water partition coefficient (Wildman–Crippen LogP) is 4.95. The van der Waals surface area contributed by atoms with Gasteiger partial charge in [-0.3, -0.25) is 4.90 Å². The number of phenolic OH excluding ortho intramolecular Hbond substituents is 1. The zero-order chi connectivity index (χ0) is 19.6. The third-order valence-corrected chi connectivity index (χ3v) is 5.93. The van der Waals surface area contributed by atoms with Crippen LogP contribution in [0.5, 0.6) is 5.75 Å². The first kappa shape index (κ1) is 19.0. The Balaban J connectivity index is 1.73. The summed E-state index contributed by atoms with van der Waals surface area (Å²) < 4.78 is 0. The van der Waals surface area contributed by atoms with Gasteiger partial charge in [0.1, 0.15) is 11.4 Å². The highest BCUT2D eigenvalue weighted by molar-refractivity contribution is 6.30. The first-order valence-electron chi connectivity index (χ1n) is 9.64. The molecule has 3 nitrogen and oxygen atoms in total. The number of hydrogen-bond donors (Lipinski definition) is 2. The molecule has 2 N–H and O–H groups in total. The third kappa shape index (κ3) is 3.53. The second-order valence-corrected chi connectivity index (χ2v) is 7.84. The molecule has 0 amide bonds. The molecule has 1 saturated heterocycles. The molecule has 1 heterocycles. The Hall–Kier alpha value is -2.33. The average molecular weight is 394 g/mol. The van der Waals surface area contributed by atoms with Crippen molar-refractivity contribution in [1.82, 2.24) is 4.90 Å². The van der Waals surface area contributed by atoms with Gasteiger partial charge >= 0.3 is 0 Å². The number of aliphatic hydroxyl groups is 1. The summed E-state index contributed by atoms with van der Waals surface area (Å²) in [6.07, 6.45) is 1.88. The second kappa shape index (κ2) is 7.96. The van der Waals surface area contributed by atoms with E-state index < -0.39 is 5.60 Å². The van der Waals surface area contributed by atoms with Crippen LogP contribution in [-0.2, 0) is 12.1 Å². The smallest absolute Gasteiger partial charge is 0.130 e. The molecule has 3 aromatic rings. The zero-order valence-electron chi connectivity index (χ0n) is 15.6. The van der Waals surface area contributed by atoms with E-state index in [-0.39, 0.29) is 11.8 Å². The summed E-state index contributed by atoms with van der Waals surface area (Å²) in [5.41, 5.74) is 1.47. The number of hydrogen-bond acceptors (Lipinski definition) is 3. The van der Waals surface area contributed by atoms with E-state index >= 15 is 0 Å². The van der Waals surface area contributed by atoms with Crippen LogP contribution in [0.15, 0.2) is 78.9 Å². The van der Waals surface area contributed by atoms with Crippen LogP contribution in [0.25, 0.3) is 0 Å². The van der Waals surface area contributed by atoms with Gasteiger partial charge in [0.2, 0.25) is 0 Å². The summed E-state index contributed by atoms with van der Waals surface area (Å²) in [5, 5.41) is 22.9. The summed E-state index contributed by atoms with van der Waals surface area (Å²) in [6, 6.07) is 24.9. The number of phenols is 1. The van der Waals surface area contributed by atoms with Crippen molar-refractivity contribution in [2.45, 2.75) is 31.0 Å². The number of halogens is 1. The average Bonchev–Trinajstić information content (AvgIpc) is 3.19. The minimum atomic E-state index is -1.12. The maximum Gasteiger partial charge on any atom is 0.130 e. The quantitative estimate of drug-likeness (QED) is 0.644. The fourth-order valence-electron chi connectivity index (χ4n) is 4.31. The standard InChI is InChI=1S/C24H24ClNO2/c25-21-14-13-18(22(27)16-21)17-26-15-7-12-23(26)24(28,19-8-3-1-4-9-19)20-10-5-2-6-11-20/h1-6,8-11,13-14,16,23,27-28H,7,12,15,17H2/t23-/m0/s1. The van der Waals surface area contributed by atoms with Crippen LogP contribution in [0.1, 0.15) is 29.5 Å². The normalized spacial score (nSPS) is 17.7. The Kier molecular flexibility index (Phi) is 5.40. The highest BCUT2D eigenvalue weighted by atomic mass is 35.5. The third-order valence-electron chi connectivity index (χ3n) is 5.69. The molecule has 0 aromatic heterocycles. The molecule has 1 aliphatic heterocycles. The minimum absolute atomic E-state index is 0.0904. The summed E-state index contributed by atoms with van der Waals surface area (Å²) in [5.74, 6) is 0.195. The van der Waals surface area contributed by atoms with Gasteiger partial charge in [0.25, 0.3) is 0 Å². The summed E-state index contributed by atoms with van der Waals surface area (Å²) >= 11 is 5.98. The van der Waals surface area contributed by atoms with E-state index in [0.29, 0.717) is 11.6 Å². The fraction of sp³-hybridized carbons (Fsp3) is 0.250. The molecule has 1 fully saturated rings. The maximum absolute atomic E-state index is 12.1. The van der Waals surface area contributed by atoms with Crippen LogP contribution in [-0.4, -0.2) is 27.7 Å². The van der Waals surface area contributed by atoms with Crippen LogP contribution >= 0.6 is 11.6 Å². The van der Waals surface area contributed by atoms with Gasteiger partial charge in [0.15, 0.2) is 0 Å². The fourth-order valence-corrected chi connectivity index (χ4v) is 4.48. The van der Waals surface area contributed by atoms with E-state index in [1.165, 1.54) is 0 Å². The van der Waals surface area contributed by atoms with Gasteiger partial charge in [-0.1, -0.05) is 78.3 Å². The van der Waals surface area contributed by atoms with Crippen LogP contribution in [0.4, 0.5) is 0 Å². The molecule has 28 heavy (non-hydrogen) atoms. The van der Waals surface area contributed by atoms with Crippen molar-refractivity contribution in [2.24, 2.45) is 0 Å². The molecular weight excluding hydrogens is 370 g/mol. The van der Waals surface area contributed by atoms with E-state index in [4.69, 9.17) is 11.6 Å². The topological polar surface area (TPSA) is 43.7 Å². The molecule has 4 rings (SSSR count). The van der Waals surface area contributed by atoms with Crippen molar-refractivity contribution >= 4 is 11.6 Å². The second-order valence-electron chi connectivity index (χ2n) is 7.40. The van der Waals surface area contributed by atoms with Gasteiger partial charge in [0, 0.05) is 23.2 Å². The van der Waals surface area contributed by atoms with Crippen molar-refractivity contribution in [1.29, 1.82) is 0 Å². The van der Waals surface area contributed by atoms with Gasteiger partial charge in [0.05, 0.1) is 0 Å². The van der Waals surface area contributed by atoms with Gasteiger partial charge in [-0.05, 0) is 42.6 Å². The monoisotopic (exact) mass is 393 g/mol. The van der Waals surface area contributed by atoms with Gasteiger partial charge in [-0.2, -0.15) is 0 Å². The summed E-state index contributed by atoms with van der Waals surface area (Å²) in [7, 11) is 0. The minimum Gasteiger partial charge on any atom is -0.508 e. The van der Waals surface area contributed by atoms with E-state index in [0.717, 1.165) is 36.1 Å². The van der Waals surface area contributed by atoms with E-state index in [1.54, 1.807) is 12.1 Å². The molecule has 0 aliphatic carbocycles. The van der Waals surface area contributed by atoms with Crippen LogP contribution in [0.2, 0.25) is 5.02 Å². The lowest BCUT2D eigenvalue weighted by molar-refractivity contribution is -0.00672. The molecular formula is C24H24ClNO2. The lowest BCUT2D eigenvalue weighted by atomic mass is 9.79. The molecule has 144 valence electrons. The predicted molar refractivity (Wildman–Crippen MR) is 112 cm³/mol. The number of aromatic hydroxyl groups is 1. The number of rotatable bonds is 5. The lowest BCUT2D eigenvalue weighted by Crippen LogP contribution is -2.48. The molecule has 0 unspecified atom stereocenters. The SMILES string of the molecule is Oc1cc(Cl)ccc1CN1CCC[C@H]1C(O)(c1ccccc1)c1ccccc1. The van der Waals surface area contributed by atoms with Crippen LogP contribution in [0.3, 0.4) is 0 Å². The van der Waals surface area contributed by atoms with Gasteiger partial charge < -0.3 is 10.2 Å². The Bertz CT molecular complexity index is 890. The van der Waals surface area contributed by atoms with Crippen molar-refractivity contribution in [3.05, 3.63) is 101 Å². The molecule has 0 spiro atoms. The Morgan fingerprint density at radius 3 is 2.11 bits per heavy atom. The van der Waals surface area contributed by atoms with E-state index in [9.17, 15) is 10.2 Å². The van der Waals surface area contributed by atoms with Crippen molar-refractivity contribution in [3.8, 4) is 5.75 Å². The molecule has 0 saturated carbocycles. The first-order chi connectivity index (χ1) is 13.6. The summed E-state index contributed by atoms with van der Waals surface area (Å²) in [6.45, 7) is 1.43. The zero-order valence-corrected chi connectivity index (χ0v) is 16.4. The highest BCUT2D eigenvalue weighted by Gasteiger charge is 2.45. The molecule has 0 radical (unpaired) electrons. The molecule has 1 atom stereocenters. The largest absolute Gasteiger partial charge is 0.508 e. The molecule has 4 heteroatoms. The van der Waals surface area contributed by atoms with Gasteiger partial charge in [-0.25, -0.2) is 0 Å². The highest BCUT2D eigenvalue weighted by Crippen LogP contribution is 2.41. The number of likely N-dealkylation sites (tertiary alicyclic amines) is 1. The molecule has 0 bridgehead atoms. The Labute approximate surface area is 170 Å². The maximum atomic E-state index is 12.1. The number of benzene rings is 3. The lowest BCUT2D eigenvalue weighted by Gasteiger charge is -2.40. The van der Waals surface area contributed by atoms with Crippen molar-refractivity contribution in [3.63, 3.8) is 0 Å². The van der Waals surface area contributed by atoms with Crippen molar-refractivity contribution in [2.75, 3.05) is 6.54 Å². The first-order valence-corrected chi connectivity index (χ1v) is 10.0. The molecule has 3 aromatic carbocycles. The number of nitrogens with zero attached hydrogens (tertiary/aromatic N) is 1. The van der Waals surface area contributed by atoms with Crippen LogP contribution < -0.4 is 0 Å².